The van der Waals surface area contributed by atoms with Crippen molar-refractivity contribution < 1.29 is 13.9 Å². The molecule has 0 bridgehead atoms. The topological polar surface area (TPSA) is 73.2 Å². The SMILES string of the molecule is CCc1c(C)sc2nc(SCC(=O)Nc3cc(F)ccc3C)n(-c3ccc(OC)cc3C)c(=O)c12. The van der Waals surface area contributed by atoms with Crippen LogP contribution < -0.4 is 15.6 Å². The maximum absolute atomic E-state index is 13.8. The van der Waals surface area contributed by atoms with Crippen LogP contribution in [0.2, 0.25) is 0 Å². The standard InChI is InChI=1S/C26H26FN3O3S2/c1-6-19-16(4)35-24-23(19)25(32)30(21-10-9-18(33-5)11-15(21)3)26(29-24)34-13-22(31)28-20-12-17(27)8-7-14(20)2/h7-12H,6,13H2,1-5H3,(H,28,31). The molecule has 0 atom stereocenters. The van der Waals surface area contributed by atoms with Crippen LogP contribution in [-0.2, 0) is 11.2 Å². The van der Waals surface area contributed by atoms with E-state index in [0.29, 0.717) is 32.5 Å². The number of thioether (sulfide) groups is 1. The number of carbonyl (C=O) groups is 1. The molecule has 1 amide bonds. The highest BCUT2D eigenvalue weighted by molar-refractivity contribution is 7.99. The predicted molar refractivity (Wildman–Crippen MR) is 141 cm³/mol. The van der Waals surface area contributed by atoms with Crippen LogP contribution in [0.5, 0.6) is 5.75 Å². The van der Waals surface area contributed by atoms with E-state index in [9.17, 15) is 14.0 Å². The average Bonchev–Trinajstić information content (AvgIpc) is 3.15. The molecule has 2 aromatic carbocycles. The molecule has 6 nitrogen and oxygen atoms in total. The molecule has 2 heterocycles. The number of hydrogen-bond donors (Lipinski definition) is 1. The summed E-state index contributed by atoms with van der Waals surface area (Å²) in [5, 5.41) is 3.79. The van der Waals surface area contributed by atoms with E-state index in [0.717, 1.165) is 28.0 Å². The largest absolute Gasteiger partial charge is 0.497 e. The van der Waals surface area contributed by atoms with Gasteiger partial charge in [0.05, 0.1) is 23.9 Å². The zero-order valence-electron chi connectivity index (χ0n) is 20.2. The summed E-state index contributed by atoms with van der Waals surface area (Å²) < 4.78 is 20.5. The lowest BCUT2D eigenvalue weighted by Crippen LogP contribution is -2.23. The van der Waals surface area contributed by atoms with Gasteiger partial charge in [0.1, 0.15) is 16.4 Å². The van der Waals surface area contributed by atoms with Crippen LogP contribution in [-0.4, -0.2) is 28.3 Å². The zero-order chi connectivity index (χ0) is 25.3. The number of ether oxygens (including phenoxy) is 1. The fourth-order valence-electron chi connectivity index (χ4n) is 3.98. The number of nitrogens with one attached hydrogen (secondary N) is 1. The third kappa shape index (κ3) is 4.97. The van der Waals surface area contributed by atoms with Crippen molar-refractivity contribution in [2.24, 2.45) is 0 Å². The Morgan fingerprint density at radius 3 is 2.63 bits per heavy atom. The summed E-state index contributed by atoms with van der Waals surface area (Å²) in [6.45, 7) is 7.72. The molecule has 35 heavy (non-hydrogen) atoms. The van der Waals surface area contributed by atoms with Gasteiger partial charge in [0.25, 0.3) is 5.56 Å². The smallest absolute Gasteiger partial charge is 0.267 e. The highest BCUT2D eigenvalue weighted by Gasteiger charge is 2.21. The van der Waals surface area contributed by atoms with Crippen LogP contribution in [0.25, 0.3) is 15.9 Å². The lowest BCUT2D eigenvalue weighted by atomic mass is 10.1. The number of hydrogen-bond acceptors (Lipinski definition) is 6. The van der Waals surface area contributed by atoms with E-state index in [1.54, 1.807) is 30.7 Å². The maximum Gasteiger partial charge on any atom is 0.267 e. The monoisotopic (exact) mass is 511 g/mol. The Bertz CT molecular complexity index is 1490. The Morgan fingerprint density at radius 1 is 1.17 bits per heavy atom. The number of fused-ring (bicyclic) bond motifs is 1. The molecule has 182 valence electrons. The van der Waals surface area contributed by atoms with Crippen molar-refractivity contribution in [1.29, 1.82) is 0 Å². The Morgan fingerprint density at radius 2 is 1.94 bits per heavy atom. The number of rotatable bonds is 7. The molecule has 2 aromatic heterocycles. The average molecular weight is 512 g/mol. The summed E-state index contributed by atoms with van der Waals surface area (Å²) in [5.74, 6) is -0.0383. The minimum Gasteiger partial charge on any atom is -0.497 e. The van der Waals surface area contributed by atoms with Crippen LogP contribution >= 0.6 is 23.1 Å². The van der Waals surface area contributed by atoms with E-state index in [2.05, 4.69) is 5.32 Å². The molecule has 0 spiro atoms. The predicted octanol–water partition coefficient (Wildman–Crippen LogP) is 5.81. The van der Waals surface area contributed by atoms with Crippen LogP contribution in [0.15, 0.2) is 46.3 Å². The van der Waals surface area contributed by atoms with Gasteiger partial charge in [-0.15, -0.1) is 11.3 Å². The van der Waals surface area contributed by atoms with Gasteiger partial charge in [0, 0.05) is 10.6 Å². The number of aryl methyl sites for hydroxylation is 4. The molecule has 0 unspecified atom stereocenters. The molecule has 0 saturated carbocycles. The second-order valence-corrected chi connectivity index (χ2v) is 10.3. The summed E-state index contributed by atoms with van der Waals surface area (Å²) in [7, 11) is 1.59. The first-order chi connectivity index (χ1) is 16.7. The Labute approximate surface area is 211 Å². The summed E-state index contributed by atoms with van der Waals surface area (Å²) in [5.41, 5.74) is 3.55. The van der Waals surface area contributed by atoms with Crippen molar-refractivity contribution in [2.75, 3.05) is 18.2 Å². The fourth-order valence-corrected chi connectivity index (χ4v) is 5.94. The number of nitrogens with zero attached hydrogens (tertiary/aromatic N) is 2. The molecular formula is C26H26FN3O3S2. The molecule has 0 radical (unpaired) electrons. The Balaban J connectivity index is 1.76. The second-order valence-electron chi connectivity index (χ2n) is 8.15. The Hall–Kier alpha value is -3.17. The second kappa shape index (κ2) is 10.2. The first-order valence-electron chi connectivity index (χ1n) is 11.1. The van der Waals surface area contributed by atoms with Crippen molar-refractivity contribution in [2.45, 2.75) is 39.3 Å². The van der Waals surface area contributed by atoms with Crippen molar-refractivity contribution in [3.63, 3.8) is 0 Å². The van der Waals surface area contributed by atoms with Crippen LogP contribution in [0.4, 0.5) is 10.1 Å². The number of anilines is 1. The molecule has 4 aromatic rings. The minimum atomic E-state index is -0.422. The molecule has 1 N–H and O–H groups in total. The number of aromatic nitrogens is 2. The van der Waals surface area contributed by atoms with Crippen LogP contribution in [0.1, 0.15) is 28.5 Å². The van der Waals surface area contributed by atoms with E-state index in [1.165, 1.54) is 35.2 Å². The van der Waals surface area contributed by atoms with Crippen molar-refractivity contribution >= 4 is 44.9 Å². The maximum atomic E-state index is 13.8. The van der Waals surface area contributed by atoms with Crippen molar-refractivity contribution in [3.05, 3.63) is 74.1 Å². The van der Waals surface area contributed by atoms with Gasteiger partial charge in [-0.05, 0) is 74.2 Å². The number of thiophene rings is 1. The normalized spacial score (nSPS) is 11.1. The third-order valence-corrected chi connectivity index (χ3v) is 7.78. The van der Waals surface area contributed by atoms with E-state index >= 15 is 0 Å². The van der Waals surface area contributed by atoms with Gasteiger partial charge in [-0.3, -0.25) is 14.2 Å². The zero-order valence-corrected chi connectivity index (χ0v) is 21.8. The van der Waals surface area contributed by atoms with E-state index in [-0.39, 0.29) is 17.2 Å². The van der Waals surface area contributed by atoms with Gasteiger partial charge in [0.15, 0.2) is 5.16 Å². The number of methoxy groups -OCH3 is 1. The molecule has 0 aliphatic carbocycles. The van der Waals surface area contributed by atoms with Gasteiger partial charge in [-0.25, -0.2) is 9.37 Å². The number of halogens is 1. The van der Waals surface area contributed by atoms with Gasteiger partial charge in [-0.1, -0.05) is 24.8 Å². The highest BCUT2D eigenvalue weighted by Crippen LogP contribution is 2.32. The van der Waals surface area contributed by atoms with Crippen LogP contribution in [0, 0.1) is 26.6 Å². The van der Waals surface area contributed by atoms with Gasteiger partial charge >= 0.3 is 0 Å². The van der Waals surface area contributed by atoms with Crippen LogP contribution in [0.3, 0.4) is 0 Å². The van der Waals surface area contributed by atoms with Gasteiger partial charge in [0.2, 0.25) is 5.91 Å². The number of carbonyl (C=O) groups excluding carboxylic acids is 1. The minimum absolute atomic E-state index is 0.00803. The summed E-state index contributed by atoms with van der Waals surface area (Å²) >= 11 is 2.66. The highest BCUT2D eigenvalue weighted by atomic mass is 32.2. The molecular weight excluding hydrogens is 485 g/mol. The Kier molecular flexibility index (Phi) is 7.28. The van der Waals surface area contributed by atoms with Gasteiger partial charge in [-0.2, -0.15) is 0 Å². The van der Waals surface area contributed by atoms with Crippen molar-refractivity contribution in [1.82, 2.24) is 9.55 Å². The number of amides is 1. The first-order valence-corrected chi connectivity index (χ1v) is 12.9. The van der Waals surface area contributed by atoms with Crippen molar-refractivity contribution in [3.8, 4) is 11.4 Å². The van der Waals surface area contributed by atoms with E-state index in [4.69, 9.17) is 9.72 Å². The first kappa shape index (κ1) is 24.9. The quantitative estimate of drug-likeness (QED) is 0.250. The molecule has 0 fully saturated rings. The van der Waals surface area contributed by atoms with E-state index < -0.39 is 5.82 Å². The molecule has 0 aliphatic rings. The molecule has 9 heteroatoms. The molecule has 0 saturated heterocycles. The lowest BCUT2D eigenvalue weighted by molar-refractivity contribution is -0.113. The lowest BCUT2D eigenvalue weighted by Gasteiger charge is -2.15. The third-order valence-electron chi connectivity index (χ3n) is 5.80. The van der Waals surface area contributed by atoms with Gasteiger partial charge < -0.3 is 10.1 Å². The fraction of sp³-hybridized carbons (Fsp3) is 0.269. The number of benzene rings is 2. The summed E-state index contributed by atoms with van der Waals surface area (Å²) in [6.07, 6.45) is 0.728. The summed E-state index contributed by atoms with van der Waals surface area (Å²) in [6, 6.07) is 9.74. The summed E-state index contributed by atoms with van der Waals surface area (Å²) in [4.78, 5) is 33.1. The molecule has 0 aliphatic heterocycles. The van der Waals surface area contributed by atoms with E-state index in [1.807, 2.05) is 32.9 Å². The molecule has 4 rings (SSSR count).